The minimum atomic E-state index is -1.49. The highest BCUT2D eigenvalue weighted by molar-refractivity contribution is 9.12. The minimum Gasteiger partial charge on any atom is -0.149 e. The maximum Gasteiger partial charge on any atom is 0.0614 e. The van der Waals surface area contributed by atoms with Crippen molar-refractivity contribution in [2.45, 2.75) is 63.0 Å². The Morgan fingerprint density at radius 2 is 1.72 bits per heavy atom. The molecular weight excluding hydrogens is 492 g/mol. The molecule has 1 aromatic rings. The van der Waals surface area contributed by atoms with Crippen LogP contribution >= 0.6 is 55.0 Å². The summed E-state index contributed by atoms with van der Waals surface area (Å²) < 4.78 is 2.88. The lowest BCUT2D eigenvalue weighted by Crippen LogP contribution is -2.46. The predicted octanol–water partition coefficient (Wildman–Crippen LogP) is 8.02. The average Bonchev–Trinajstić information content (AvgIpc) is 3.21. The molecule has 1 saturated carbocycles. The first-order valence-corrected chi connectivity index (χ1v) is 16.1. The van der Waals surface area contributed by atoms with Gasteiger partial charge in [-0.1, -0.05) is 56.7 Å². The van der Waals surface area contributed by atoms with Gasteiger partial charge in [-0.15, -0.1) is 23.1 Å². The highest BCUT2D eigenvalue weighted by atomic mass is 79.9. The quantitative estimate of drug-likeness (QED) is 0.356. The van der Waals surface area contributed by atoms with Gasteiger partial charge in [0, 0.05) is 30.2 Å². The first-order valence-electron chi connectivity index (χ1n) is 9.44. The molecule has 1 fully saturated rings. The maximum atomic E-state index is 3.91. The van der Waals surface area contributed by atoms with Crippen molar-refractivity contribution < 1.29 is 0 Å². The topological polar surface area (TPSA) is 0 Å². The Morgan fingerprint density at radius 3 is 2.40 bits per heavy atom. The fourth-order valence-corrected chi connectivity index (χ4v) is 19.0. The molecule has 0 spiro atoms. The van der Waals surface area contributed by atoms with E-state index >= 15 is 0 Å². The molecule has 2 heterocycles. The van der Waals surface area contributed by atoms with Crippen LogP contribution in [0.5, 0.6) is 0 Å². The van der Waals surface area contributed by atoms with Crippen LogP contribution in [0.3, 0.4) is 0 Å². The lowest BCUT2D eigenvalue weighted by Gasteiger charge is -2.43. The molecule has 0 amide bonds. The molecule has 1 aromatic heterocycles. The summed E-state index contributed by atoms with van der Waals surface area (Å²) in [5.41, 5.74) is 5.10. The van der Waals surface area contributed by atoms with Gasteiger partial charge in [0.1, 0.15) is 0 Å². The van der Waals surface area contributed by atoms with Crippen molar-refractivity contribution in [2.75, 3.05) is 5.75 Å². The van der Waals surface area contributed by atoms with Gasteiger partial charge in [-0.2, -0.15) is 0 Å². The molecule has 2 aliphatic carbocycles. The maximum absolute atomic E-state index is 3.91. The third-order valence-electron chi connectivity index (χ3n) is 7.71. The third kappa shape index (κ3) is 2.61. The van der Waals surface area contributed by atoms with E-state index in [-0.39, 0.29) is 0 Å². The van der Waals surface area contributed by atoms with Crippen LogP contribution in [0.2, 0.25) is 18.6 Å². The molecule has 0 aromatic carbocycles. The molecule has 25 heavy (non-hydrogen) atoms. The van der Waals surface area contributed by atoms with E-state index in [0.29, 0.717) is 5.92 Å². The van der Waals surface area contributed by atoms with Crippen LogP contribution in [0.4, 0.5) is 0 Å². The Morgan fingerprint density at radius 1 is 1.04 bits per heavy atom. The molecule has 1 aliphatic heterocycles. The fourth-order valence-electron chi connectivity index (χ4n) is 6.29. The van der Waals surface area contributed by atoms with Gasteiger partial charge in [0.25, 0.3) is 0 Å². The van der Waals surface area contributed by atoms with Gasteiger partial charge in [0.05, 0.1) is 8.07 Å². The largest absolute Gasteiger partial charge is 0.149 e. The van der Waals surface area contributed by atoms with Crippen molar-refractivity contribution in [1.82, 2.24) is 0 Å². The summed E-state index contributed by atoms with van der Waals surface area (Å²) in [6, 6.07) is 0. The zero-order valence-electron chi connectivity index (χ0n) is 15.9. The molecular formula is C20H28Br2S2Si. The summed E-state index contributed by atoms with van der Waals surface area (Å²) >= 11 is 12.0. The van der Waals surface area contributed by atoms with Gasteiger partial charge in [0.2, 0.25) is 0 Å². The molecule has 0 radical (unpaired) electrons. The van der Waals surface area contributed by atoms with Gasteiger partial charge in [-0.3, -0.25) is 0 Å². The molecule has 4 rings (SSSR count). The van der Waals surface area contributed by atoms with Crippen molar-refractivity contribution in [2.24, 2.45) is 17.8 Å². The lowest BCUT2D eigenvalue weighted by atomic mass is 9.96. The second-order valence-corrected chi connectivity index (χ2v) is 17.9. The molecule has 7 unspecified atom stereocenters. The van der Waals surface area contributed by atoms with Gasteiger partial charge in [-0.05, 0) is 61.8 Å². The average molecular weight is 520 g/mol. The van der Waals surface area contributed by atoms with Gasteiger partial charge < -0.3 is 0 Å². The summed E-state index contributed by atoms with van der Waals surface area (Å²) in [6.07, 6.45) is 0. The fraction of sp³-hybridized carbons (Fsp3) is 0.700. The number of hydrogen-bond donors (Lipinski definition) is 0. The molecule has 3 aliphatic rings. The van der Waals surface area contributed by atoms with Crippen molar-refractivity contribution in [3.05, 3.63) is 30.3 Å². The number of thiophene rings is 1. The summed E-state index contributed by atoms with van der Waals surface area (Å²) in [5.74, 6) is 4.24. The van der Waals surface area contributed by atoms with E-state index in [1.54, 1.807) is 16.0 Å². The smallest absolute Gasteiger partial charge is 0.0614 e. The van der Waals surface area contributed by atoms with Crippen LogP contribution < -0.4 is 0 Å². The number of rotatable bonds is 2. The van der Waals surface area contributed by atoms with Crippen molar-refractivity contribution >= 4 is 63.0 Å². The Balaban J connectivity index is 1.78. The van der Waals surface area contributed by atoms with Crippen molar-refractivity contribution in [1.29, 1.82) is 0 Å². The molecule has 0 nitrogen and oxygen atoms in total. The highest BCUT2D eigenvalue weighted by Crippen LogP contribution is 2.65. The standard InChI is InChI=1S/C20H28Br2S2Si/c1-9-11(3)19(17-15(9)13(21)7-23-17)25(5,6)20-12(4)10(2)16-14(22)8-24-18(16)20/h7,9-12,18-20H,8H2,1-6H3. The third-order valence-corrected chi connectivity index (χ3v) is 17.7. The number of halogens is 2. The summed E-state index contributed by atoms with van der Waals surface area (Å²) in [6.45, 7) is 15.4. The van der Waals surface area contributed by atoms with Gasteiger partial charge >= 0.3 is 0 Å². The van der Waals surface area contributed by atoms with E-state index in [1.807, 2.05) is 11.3 Å². The van der Waals surface area contributed by atoms with Gasteiger partial charge in [-0.25, -0.2) is 0 Å². The van der Waals surface area contributed by atoms with Crippen molar-refractivity contribution in [3.63, 3.8) is 0 Å². The second kappa shape index (κ2) is 6.50. The van der Waals surface area contributed by atoms with E-state index in [0.717, 1.165) is 34.1 Å². The summed E-state index contributed by atoms with van der Waals surface area (Å²) in [5, 5.41) is 3.12. The number of thioether (sulfide) groups is 1. The Bertz CT molecular complexity index is 738. The normalized spacial score (nSPS) is 40.7. The van der Waals surface area contributed by atoms with Crippen molar-refractivity contribution in [3.8, 4) is 0 Å². The molecule has 0 bridgehead atoms. The minimum absolute atomic E-state index is 0.694. The summed E-state index contributed by atoms with van der Waals surface area (Å²) in [7, 11) is -1.49. The molecule has 5 heteroatoms. The molecule has 7 atom stereocenters. The lowest BCUT2D eigenvalue weighted by molar-refractivity contribution is 0.461. The van der Waals surface area contributed by atoms with E-state index in [2.05, 4.69) is 89.8 Å². The van der Waals surface area contributed by atoms with E-state index in [9.17, 15) is 0 Å². The molecule has 0 N–H and O–H groups in total. The van der Waals surface area contributed by atoms with Crippen LogP contribution in [0.25, 0.3) is 0 Å². The zero-order chi connectivity index (χ0) is 18.3. The monoisotopic (exact) mass is 518 g/mol. The predicted molar refractivity (Wildman–Crippen MR) is 124 cm³/mol. The van der Waals surface area contributed by atoms with Gasteiger partial charge in [0.15, 0.2) is 0 Å². The number of hydrogen-bond acceptors (Lipinski definition) is 2. The van der Waals surface area contributed by atoms with Crippen LogP contribution in [-0.4, -0.2) is 19.1 Å². The first-order chi connectivity index (χ1) is 11.7. The van der Waals surface area contributed by atoms with E-state index < -0.39 is 8.07 Å². The highest BCUT2D eigenvalue weighted by Gasteiger charge is 2.58. The first kappa shape index (κ1) is 19.3. The number of fused-ring (bicyclic) bond motifs is 2. The van der Waals surface area contributed by atoms with Crippen LogP contribution in [0.15, 0.2) is 19.9 Å². The van der Waals surface area contributed by atoms with Crippen LogP contribution in [0, 0.1) is 17.8 Å². The Kier molecular flexibility index (Phi) is 5.02. The van der Waals surface area contributed by atoms with Crippen LogP contribution in [0.1, 0.15) is 49.6 Å². The Hall–Kier alpha value is 0.967. The molecule has 0 saturated heterocycles. The van der Waals surface area contributed by atoms with E-state index in [1.165, 1.54) is 14.7 Å². The molecule has 138 valence electrons. The Labute approximate surface area is 178 Å². The zero-order valence-corrected chi connectivity index (χ0v) is 21.7. The second-order valence-electron chi connectivity index (χ2n) is 9.07. The van der Waals surface area contributed by atoms with Crippen LogP contribution in [-0.2, 0) is 0 Å². The van der Waals surface area contributed by atoms with E-state index in [4.69, 9.17) is 0 Å². The SMILES string of the molecule is CC1C2=C(Br)CSC2C([Si](C)(C)C2c3scc(Br)c3C(C)C2C)C1C. The summed E-state index contributed by atoms with van der Waals surface area (Å²) in [4.78, 5) is 1.72.